The number of rotatable bonds is 0. The first-order valence-corrected chi connectivity index (χ1v) is 5.20. The maximum absolute atomic E-state index is 2.38. The van der Waals surface area contributed by atoms with Crippen LogP contribution in [0.4, 0.5) is 0 Å². The lowest BCUT2D eigenvalue weighted by Gasteiger charge is -2.17. The van der Waals surface area contributed by atoms with Gasteiger partial charge in [0.1, 0.15) is 0 Å². The van der Waals surface area contributed by atoms with Gasteiger partial charge in [-0.2, -0.15) is 0 Å². The van der Waals surface area contributed by atoms with Gasteiger partial charge in [0.05, 0.1) is 0 Å². The Morgan fingerprint density at radius 3 is 3.00 bits per heavy atom. The molecule has 3 atom stereocenters. The smallest absolute Gasteiger partial charge is 0.00947 e. The van der Waals surface area contributed by atoms with Crippen LogP contribution in [0.1, 0.15) is 20.3 Å². The van der Waals surface area contributed by atoms with Gasteiger partial charge in [-0.15, -0.1) is 11.8 Å². The van der Waals surface area contributed by atoms with Crippen LogP contribution in [0.15, 0.2) is 23.1 Å². The van der Waals surface area contributed by atoms with Crippen LogP contribution in [0.3, 0.4) is 0 Å². The SMILES string of the molecule is CC1SC2=CC=CCC2C1C. The summed E-state index contributed by atoms with van der Waals surface area (Å²) in [5.74, 6) is 1.72. The molecule has 0 nitrogen and oxygen atoms in total. The lowest BCUT2D eigenvalue weighted by molar-refractivity contribution is 0.441. The van der Waals surface area contributed by atoms with Crippen LogP contribution < -0.4 is 0 Å². The van der Waals surface area contributed by atoms with Crippen LogP contribution >= 0.6 is 11.8 Å². The molecule has 1 aliphatic heterocycles. The van der Waals surface area contributed by atoms with Gasteiger partial charge in [-0.05, 0) is 23.2 Å². The number of allylic oxidation sites excluding steroid dienone is 4. The summed E-state index contributed by atoms with van der Waals surface area (Å²) in [4.78, 5) is 1.62. The molecule has 0 amide bonds. The van der Waals surface area contributed by atoms with E-state index in [1.165, 1.54) is 6.42 Å². The molecule has 2 aliphatic rings. The first-order valence-electron chi connectivity index (χ1n) is 4.32. The van der Waals surface area contributed by atoms with E-state index in [1.807, 2.05) is 0 Å². The van der Waals surface area contributed by atoms with E-state index in [2.05, 4.69) is 43.8 Å². The molecular formula is C10H14S. The maximum atomic E-state index is 2.38. The molecular weight excluding hydrogens is 152 g/mol. The highest BCUT2D eigenvalue weighted by Gasteiger charge is 2.34. The first-order chi connectivity index (χ1) is 5.29. The monoisotopic (exact) mass is 166 g/mol. The van der Waals surface area contributed by atoms with E-state index in [-0.39, 0.29) is 0 Å². The standard InChI is InChI=1S/C10H14S/c1-7-8(2)11-10-6-4-3-5-9(7)10/h3-4,6-9H,5H2,1-2H3. The molecule has 60 valence electrons. The quantitative estimate of drug-likeness (QED) is 0.532. The highest BCUT2D eigenvalue weighted by molar-refractivity contribution is 8.04. The van der Waals surface area contributed by atoms with E-state index < -0.39 is 0 Å². The van der Waals surface area contributed by atoms with Gasteiger partial charge in [0.25, 0.3) is 0 Å². The molecule has 0 spiro atoms. The number of thioether (sulfide) groups is 1. The fourth-order valence-electron chi connectivity index (χ4n) is 1.88. The molecule has 2 rings (SSSR count). The van der Waals surface area contributed by atoms with Crippen molar-refractivity contribution >= 4 is 11.8 Å². The summed E-state index contributed by atoms with van der Waals surface area (Å²) in [6.07, 6.45) is 8.05. The van der Waals surface area contributed by atoms with Crippen LogP contribution in [0.25, 0.3) is 0 Å². The molecule has 1 heteroatoms. The highest BCUT2D eigenvalue weighted by Crippen LogP contribution is 2.48. The summed E-state index contributed by atoms with van der Waals surface area (Å²) in [6.45, 7) is 4.72. The van der Waals surface area contributed by atoms with E-state index in [9.17, 15) is 0 Å². The third kappa shape index (κ3) is 1.16. The summed E-state index contributed by atoms with van der Waals surface area (Å²) in [5, 5.41) is 0.825. The van der Waals surface area contributed by atoms with Crippen molar-refractivity contribution in [3.05, 3.63) is 23.1 Å². The Balaban J connectivity index is 2.23. The zero-order chi connectivity index (χ0) is 7.84. The lowest BCUT2D eigenvalue weighted by Crippen LogP contribution is -2.12. The number of hydrogen-bond acceptors (Lipinski definition) is 1. The molecule has 0 aromatic rings. The van der Waals surface area contributed by atoms with Gasteiger partial charge in [-0.1, -0.05) is 32.1 Å². The molecule has 0 saturated carbocycles. The predicted octanol–water partition coefficient (Wildman–Crippen LogP) is 3.22. The molecule has 11 heavy (non-hydrogen) atoms. The molecule has 3 unspecified atom stereocenters. The third-order valence-corrected chi connectivity index (χ3v) is 4.36. The zero-order valence-corrected chi connectivity index (χ0v) is 7.90. The molecule has 0 aromatic heterocycles. The molecule has 0 radical (unpaired) electrons. The Labute approximate surface area is 72.8 Å². The average Bonchev–Trinajstić information content (AvgIpc) is 2.30. The Morgan fingerprint density at radius 2 is 2.27 bits per heavy atom. The van der Waals surface area contributed by atoms with Crippen LogP contribution in [0.5, 0.6) is 0 Å². The summed E-state index contributed by atoms with van der Waals surface area (Å²) < 4.78 is 0. The Bertz CT molecular complexity index is 215. The van der Waals surface area contributed by atoms with Crippen molar-refractivity contribution in [2.24, 2.45) is 11.8 Å². The number of fused-ring (bicyclic) bond motifs is 1. The van der Waals surface area contributed by atoms with Crippen molar-refractivity contribution < 1.29 is 0 Å². The van der Waals surface area contributed by atoms with Gasteiger partial charge >= 0.3 is 0 Å². The van der Waals surface area contributed by atoms with Crippen molar-refractivity contribution in [1.29, 1.82) is 0 Å². The van der Waals surface area contributed by atoms with E-state index in [0.29, 0.717) is 0 Å². The Morgan fingerprint density at radius 1 is 1.45 bits per heavy atom. The molecule has 0 aromatic carbocycles. The fraction of sp³-hybridized carbons (Fsp3) is 0.600. The Kier molecular flexibility index (Phi) is 1.84. The molecule has 1 heterocycles. The zero-order valence-electron chi connectivity index (χ0n) is 7.08. The van der Waals surface area contributed by atoms with Gasteiger partial charge in [0.15, 0.2) is 0 Å². The summed E-state index contributed by atoms with van der Waals surface area (Å²) in [5.41, 5.74) is 0. The van der Waals surface area contributed by atoms with Crippen molar-refractivity contribution in [2.75, 3.05) is 0 Å². The second kappa shape index (κ2) is 2.71. The third-order valence-electron chi connectivity index (χ3n) is 2.85. The average molecular weight is 166 g/mol. The predicted molar refractivity (Wildman–Crippen MR) is 51.5 cm³/mol. The van der Waals surface area contributed by atoms with Gasteiger partial charge in [0, 0.05) is 5.25 Å². The molecule has 1 fully saturated rings. The first kappa shape index (κ1) is 7.48. The minimum absolute atomic E-state index is 0.825. The van der Waals surface area contributed by atoms with E-state index in [4.69, 9.17) is 0 Å². The minimum atomic E-state index is 0.825. The lowest BCUT2D eigenvalue weighted by atomic mass is 9.87. The second-order valence-corrected chi connectivity index (χ2v) is 4.97. The van der Waals surface area contributed by atoms with Crippen molar-refractivity contribution in [3.63, 3.8) is 0 Å². The molecule has 0 N–H and O–H groups in total. The van der Waals surface area contributed by atoms with Gasteiger partial charge in [0.2, 0.25) is 0 Å². The van der Waals surface area contributed by atoms with Crippen molar-refractivity contribution in [1.82, 2.24) is 0 Å². The van der Waals surface area contributed by atoms with Crippen LogP contribution in [0, 0.1) is 11.8 Å². The molecule has 1 aliphatic carbocycles. The Hall–Kier alpha value is -0.170. The van der Waals surface area contributed by atoms with Gasteiger partial charge < -0.3 is 0 Å². The fourth-order valence-corrected chi connectivity index (χ4v) is 3.35. The van der Waals surface area contributed by atoms with E-state index in [1.54, 1.807) is 4.91 Å². The van der Waals surface area contributed by atoms with E-state index in [0.717, 1.165) is 17.1 Å². The molecule has 1 saturated heterocycles. The highest BCUT2D eigenvalue weighted by atomic mass is 32.2. The van der Waals surface area contributed by atoms with Crippen LogP contribution in [0.2, 0.25) is 0 Å². The normalized spacial score (nSPS) is 42.0. The van der Waals surface area contributed by atoms with Crippen LogP contribution in [-0.4, -0.2) is 5.25 Å². The van der Waals surface area contributed by atoms with E-state index >= 15 is 0 Å². The summed E-state index contributed by atoms with van der Waals surface area (Å²) in [7, 11) is 0. The van der Waals surface area contributed by atoms with Crippen molar-refractivity contribution in [3.8, 4) is 0 Å². The maximum Gasteiger partial charge on any atom is 0.00947 e. The van der Waals surface area contributed by atoms with Crippen molar-refractivity contribution in [2.45, 2.75) is 25.5 Å². The number of hydrogen-bond donors (Lipinski definition) is 0. The second-order valence-electron chi connectivity index (χ2n) is 3.52. The minimum Gasteiger partial charge on any atom is -0.127 e. The van der Waals surface area contributed by atoms with Gasteiger partial charge in [-0.3, -0.25) is 0 Å². The summed E-state index contributed by atoms with van der Waals surface area (Å²) in [6, 6.07) is 0. The van der Waals surface area contributed by atoms with Crippen LogP contribution in [-0.2, 0) is 0 Å². The van der Waals surface area contributed by atoms with Gasteiger partial charge in [-0.25, -0.2) is 0 Å². The molecule has 0 bridgehead atoms. The largest absolute Gasteiger partial charge is 0.127 e. The summed E-state index contributed by atoms with van der Waals surface area (Å²) >= 11 is 2.07. The topological polar surface area (TPSA) is 0 Å².